The molecule has 4 nitrogen and oxygen atoms in total. The Hall–Kier alpha value is -0.520. The molecule has 82 valence electrons. The van der Waals surface area contributed by atoms with Crippen molar-refractivity contribution >= 4 is 17.7 Å². The summed E-state index contributed by atoms with van der Waals surface area (Å²) in [5.74, 6) is 0.216. The van der Waals surface area contributed by atoms with Crippen molar-refractivity contribution in [2.45, 2.75) is 12.5 Å². The van der Waals surface area contributed by atoms with E-state index in [1.807, 2.05) is 0 Å². The van der Waals surface area contributed by atoms with Crippen LogP contribution in [0.5, 0.6) is 0 Å². The van der Waals surface area contributed by atoms with E-state index in [4.69, 9.17) is 9.84 Å². The zero-order valence-corrected chi connectivity index (χ0v) is 8.83. The lowest BCUT2D eigenvalue weighted by Crippen LogP contribution is -2.18. The monoisotopic (exact) mass is 220 g/mol. The van der Waals surface area contributed by atoms with Crippen LogP contribution >= 0.6 is 11.8 Å². The van der Waals surface area contributed by atoms with Gasteiger partial charge in [-0.1, -0.05) is 6.08 Å². The number of carbonyl (C=O) groups is 1. The Morgan fingerprint density at radius 2 is 2.36 bits per heavy atom. The predicted molar refractivity (Wildman–Crippen MR) is 56.6 cm³/mol. The Bertz CT molecular complexity index is 172. The number of thioether (sulfide) groups is 1. The molecule has 14 heavy (non-hydrogen) atoms. The van der Waals surface area contributed by atoms with Gasteiger partial charge in [0.15, 0.2) is 0 Å². The van der Waals surface area contributed by atoms with Crippen LogP contribution in [0, 0.1) is 0 Å². The van der Waals surface area contributed by atoms with Gasteiger partial charge in [-0.25, -0.2) is 0 Å². The van der Waals surface area contributed by atoms with E-state index in [-0.39, 0.29) is 13.0 Å². The highest BCUT2D eigenvalue weighted by Crippen LogP contribution is 2.05. The fourth-order valence-corrected chi connectivity index (χ4v) is 1.57. The second kappa shape index (κ2) is 9.05. The molecule has 0 aliphatic heterocycles. The highest BCUT2D eigenvalue weighted by molar-refractivity contribution is 7.99. The summed E-state index contributed by atoms with van der Waals surface area (Å²) in [6.07, 6.45) is 1.21. The zero-order valence-electron chi connectivity index (χ0n) is 8.02. The number of ether oxygens (including phenoxy) is 1. The van der Waals surface area contributed by atoms with Gasteiger partial charge in [0.1, 0.15) is 0 Å². The lowest BCUT2D eigenvalue weighted by molar-refractivity contribution is -0.136. The number of hydrogen-bond acceptors (Lipinski definition) is 4. The van der Waals surface area contributed by atoms with E-state index in [2.05, 4.69) is 6.58 Å². The average molecular weight is 220 g/mol. The fourth-order valence-electron chi connectivity index (χ4n) is 0.714. The third kappa shape index (κ3) is 9.57. The summed E-state index contributed by atoms with van der Waals surface area (Å²) < 4.78 is 5.03. The van der Waals surface area contributed by atoms with Crippen LogP contribution in [-0.4, -0.2) is 47.0 Å². The van der Waals surface area contributed by atoms with Gasteiger partial charge in [-0.15, -0.1) is 6.58 Å². The number of aliphatic carboxylic acids is 1. The van der Waals surface area contributed by atoms with Crippen LogP contribution < -0.4 is 0 Å². The Balaban J connectivity index is 3.21. The standard InChI is InChI=1S/C9H16O4S/c1-2-4-13-6-8(10)7-14-5-3-9(11)12/h2,8,10H,1,3-7H2,(H,11,12). The molecule has 0 fully saturated rings. The molecule has 0 saturated carbocycles. The van der Waals surface area contributed by atoms with Gasteiger partial charge in [0.25, 0.3) is 0 Å². The van der Waals surface area contributed by atoms with Crippen molar-refractivity contribution in [3.8, 4) is 0 Å². The van der Waals surface area contributed by atoms with Gasteiger partial charge in [-0.3, -0.25) is 4.79 Å². The van der Waals surface area contributed by atoms with E-state index < -0.39 is 12.1 Å². The van der Waals surface area contributed by atoms with Crippen LogP contribution in [0.3, 0.4) is 0 Å². The third-order valence-electron chi connectivity index (χ3n) is 1.32. The van der Waals surface area contributed by atoms with E-state index in [0.29, 0.717) is 18.1 Å². The highest BCUT2D eigenvalue weighted by atomic mass is 32.2. The van der Waals surface area contributed by atoms with Crippen molar-refractivity contribution < 1.29 is 19.7 Å². The van der Waals surface area contributed by atoms with E-state index >= 15 is 0 Å². The summed E-state index contributed by atoms with van der Waals surface area (Å²) >= 11 is 1.41. The van der Waals surface area contributed by atoms with Crippen molar-refractivity contribution in [1.29, 1.82) is 0 Å². The molecular weight excluding hydrogens is 204 g/mol. The van der Waals surface area contributed by atoms with Crippen LogP contribution in [0.4, 0.5) is 0 Å². The first kappa shape index (κ1) is 13.5. The molecule has 0 rings (SSSR count). The van der Waals surface area contributed by atoms with Gasteiger partial charge >= 0.3 is 5.97 Å². The predicted octanol–water partition coefficient (Wildman–Crippen LogP) is 0.758. The topological polar surface area (TPSA) is 66.8 Å². The number of rotatable bonds is 9. The molecule has 0 aromatic heterocycles. The normalized spacial score (nSPS) is 12.4. The fraction of sp³-hybridized carbons (Fsp3) is 0.667. The van der Waals surface area contributed by atoms with E-state index in [0.717, 1.165) is 0 Å². The molecule has 0 saturated heterocycles. The van der Waals surface area contributed by atoms with Gasteiger partial charge in [-0.2, -0.15) is 11.8 Å². The number of aliphatic hydroxyl groups is 1. The first-order chi connectivity index (χ1) is 6.66. The summed E-state index contributed by atoms with van der Waals surface area (Å²) in [7, 11) is 0. The molecule has 0 spiro atoms. The number of aliphatic hydroxyl groups excluding tert-OH is 1. The van der Waals surface area contributed by atoms with Gasteiger partial charge in [-0.05, 0) is 0 Å². The van der Waals surface area contributed by atoms with Crippen LogP contribution in [-0.2, 0) is 9.53 Å². The van der Waals surface area contributed by atoms with Crippen LogP contribution in [0.15, 0.2) is 12.7 Å². The van der Waals surface area contributed by atoms with Crippen LogP contribution in [0.1, 0.15) is 6.42 Å². The molecule has 0 aromatic rings. The summed E-state index contributed by atoms with van der Waals surface area (Å²) in [4.78, 5) is 10.1. The lowest BCUT2D eigenvalue weighted by atomic mass is 10.4. The minimum absolute atomic E-state index is 0.130. The van der Waals surface area contributed by atoms with Crippen LogP contribution in [0.2, 0.25) is 0 Å². The van der Waals surface area contributed by atoms with Crippen LogP contribution in [0.25, 0.3) is 0 Å². The summed E-state index contributed by atoms with van der Waals surface area (Å²) in [5, 5.41) is 17.7. The van der Waals surface area contributed by atoms with E-state index in [9.17, 15) is 9.90 Å². The van der Waals surface area contributed by atoms with Gasteiger partial charge < -0.3 is 14.9 Å². The van der Waals surface area contributed by atoms with E-state index in [1.54, 1.807) is 6.08 Å². The third-order valence-corrected chi connectivity index (χ3v) is 2.43. The number of carboxylic acid groups (broad SMARTS) is 1. The summed E-state index contributed by atoms with van der Waals surface area (Å²) in [6, 6.07) is 0. The molecule has 0 aromatic carbocycles. The molecule has 0 heterocycles. The Morgan fingerprint density at radius 1 is 1.64 bits per heavy atom. The maximum Gasteiger partial charge on any atom is 0.304 e. The first-order valence-corrected chi connectivity index (χ1v) is 5.48. The maximum atomic E-state index is 10.1. The van der Waals surface area contributed by atoms with Crippen molar-refractivity contribution in [3.63, 3.8) is 0 Å². The lowest BCUT2D eigenvalue weighted by Gasteiger charge is -2.09. The van der Waals surface area contributed by atoms with E-state index in [1.165, 1.54) is 11.8 Å². The van der Waals surface area contributed by atoms with Gasteiger partial charge in [0.05, 0.1) is 25.7 Å². The number of hydrogen-bond donors (Lipinski definition) is 2. The highest BCUT2D eigenvalue weighted by Gasteiger charge is 2.04. The van der Waals surface area contributed by atoms with Gasteiger partial charge in [0.2, 0.25) is 0 Å². The minimum atomic E-state index is -0.810. The molecule has 0 radical (unpaired) electrons. The Morgan fingerprint density at radius 3 is 2.93 bits per heavy atom. The molecule has 1 unspecified atom stereocenters. The molecular formula is C9H16O4S. The van der Waals surface area contributed by atoms with Gasteiger partial charge in [0, 0.05) is 11.5 Å². The maximum absolute atomic E-state index is 10.1. The summed E-state index contributed by atoms with van der Waals surface area (Å²) in [5.41, 5.74) is 0. The quantitative estimate of drug-likeness (QED) is 0.443. The van der Waals surface area contributed by atoms with Crippen molar-refractivity contribution in [2.75, 3.05) is 24.7 Å². The zero-order chi connectivity index (χ0) is 10.8. The smallest absolute Gasteiger partial charge is 0.304 e. The molecule has 2 N–H and O–H groups in total. The average Bonchev–Trinajstić information content (AvgIpc) is 2.13. The second-order valence-electron chi connectivity index (χ2n) is 2.70. The van der Waals surface area contributed by atoms with Crippen molar-refractivity contribution in [3.05, 3.63) is 12.7 Å². The first-order valence-electron chi connectivity index (χ1n) is 4.33. The number of carboxylic acids is 1. The molecule has 0 aliphatic carbocycles. The molecule has 5 heteroatoms. The Kier molecular flexibility index (Phi) is 8.72. The minimum Gasteiger partial charge on any atom is -0.481 e. The molecule has 0 aliphatic rings. The van der Waals surface area contributed by atoms with Crippen molar-refractivity contribution in [2.24, 2.45) is 0 Å². The SMILES string of the molecule is C=CCOCC(O)CSCCC(=O)O. The van der Waals surface area contributed by atoms with Crippen molar-refractivity contribution in [1.82, 2.24) is 0 Å². The largest absolute Gasteiger partial charge is 0.481 e. The second-order valence-corrected chi connectivity index (χ2v) is 3.85. The molecule has 0 bridgehead atoms. The molecule has 1 atom stereocenters. The molecule has 0 amide bonds. The summed E-state index contributed by atoms with van der Waals surface area (Å²) in [6.45, 7) is 4.17. The Labute approximate surface area is 88.0 Å².